The zero-order valence-corrected chi connectivity index (χ0v) is 10.3. The molecule has 0 spiro atoms. The first-order valence-corrected chi connectivity index (χ1v) is 5.64. The minimum Gasteiger partial charge on any atom is -0.382 e. The Morgan fingerprint density at radius 2 is 2.24 bits per heavy atom. The van der Waals surface area contributed by atoms with Gasteiger partial charge in [0, 0.05) is 29.7 Å². The van der Waals surface area contributed by atoms with E-state index in [1.54, 1.807) is 18.5 Å². The van der Waals surface area contributed by atoms with Gasteiger partial charge in [-0.3, -0.25) is 0 Å². The number of aromatic amines is 2. The quantitative estimate of drug-likeness (QED) is 0.734. The summed E-state index contributed by atoms with van der Waals surface area (Å²) in [5, 5.41) is 3.67. The van der Waals surface area contributed by atoms with E-state index in [-0.39, 0.29) is 11.7 Å². The fourth-order valence-electron chi connectivity index (χ4n) is 1.55. The van der Waals surface area contributed by atoms with Gasteiger partial charge in [-0.1, -0.05) is 11.6 Å². The lowest BCUT2D eigenvalue weighted by Gasteiger charge is -2.13. The molecule has 0 saturated carbocycles. The van der Waals surface area contributed by atoms with Gasteiger partial charge < -0.3 is 15.3 Å². The Morgan fingerprint density at radius 1 is 1.47 bits per heavy atom. The van der Waals surface area contributed by atoms with Gasteiger partial charge in [-0.2, -0.15) is 0 Å². The Bertz CT molecular complexity index is 573. The molecule has 3 N–H and O–H groups in total. The third-order valence-electron chi connectivity index (χ3n) is 2.20. The topological polar surface area (TPSA) is 73.6 Å². The molecule has 17 heavy (non-hydrogen) atoms. The van der Waals surface area contributed by atoms with Crippen molar-refractivity contribution in [3.63, 3.8) is 0 Å². The van der Waals surface area contributed by atoms with Crippen LogP contribution in [-0.4, -0.2) is 21.0 Å². The van der Waals surface area contributed by atoms with Gasteiger partial charge in [-0.15, -0.1) is 0 Å². The largest absolute Gasteiger partial charge is 0.382 e. The Morgan fingerprint density at radius 3 is 2.82 bits per heavy atom. The number of anilines is 1. The maximum atomic E-state index is 11.1. The van der Waals surface area contributed by atoms with E-state index in [1.165, 1.54) is 0 Å². The molecule has 0 aliphatic rings. The van der Waals surface area contributed by atoms with E-state index in [4.69, 9.17) is 11.6 Å². The third-order valence-corrected chi connectivity index (χ3v) is 2.41. The Hall–Kier alpha value is -1.75. The highest BCUT2D eigenvalue weighted by Gasteiger charge is 2.09. The number of hydrogen-bond donors (Lipinski definition) is 3. The van der Waals surface area contributed by atoms with Crippen LogP contribution in [-0.2, 0) is 0 Å². The monoisotopic (exact) mass is 252 g/mol. The summed E-state index contributed by atoms with van der Waals surface area (Å²) in [6, 6.07) is 2.00. The zero-order chi connectivity index (χ0) is 12.4. The first-order valence-electron chi connectivity index (χ1n) is 5.26. The smallest absolute Gasteiger partial charge is 0.323 e. The summed E-state index contributed by atoms with van der Waals surface area (Å²) in [6.07, 6.45) is 3.24. The number of nitrogens with zero attached hydrogens (tertiary/aromatic N) is 1. The fourth-order valence-corrected chi connectivity index (χ4v) is 1.71. The summed E-state index contributed by atoms with van der Waals surface area (Å²) in [6.45, 7) is 4.05. The molecule has 90 valence electrons. The van der Waals surface area contributed by atoms with Crippen molar-refractivity contribution in [1.29, 1.82) is 0 Å². The van der Waals surface area contributed by atoms with Gasteiger partial charge >= 0.3 is 5.69 Å². The SMILES string of the molecule is CC(C)Nc1cc(Cl)ncc1-c1c[nH]c(=O)[nH]1. The summed E-state index contributed by atoms with van der Waals surface area (Å²) in [4.78, 5) is 20.4. The third kappa shape index (κ3) is 2.68. The van der Waals surface area contributed by atoms with Crippen LogP contribution < -0.4 is 11.0 Å². The molecule has 6 heteroatoms. The van der Waals surface area contributed by atoms with Gasteiger partial charge in [0.25, 0.3) is 0 Å². The number of aromatic nitrogens is 3. The lowest BCUT2D eigenvalue weighted by Crippen LogP contribution is -2.11. The minimum absolute atomic E-state index is 0.245. The number of pyridine rings is 1. The molecule has 0 bridgehead atoms. The molecule has 0 fully saturated rings. The standard InChI is InChI=1S/C11H13ClN4O/c1-6(2)15-8-3-10(12)13-4-7(8)9-5-14-11(17)16-9/h3-6H,1-2H3,(H,13,15)(H2,14,16,17). The highest BCUT2D eigenvalue weighted by atomic mass is 35.5. The van der Waals surface area contributed by atoms with Crippen molar-refractivity contribution in [1.82, 2.24) is 15.0 Å². The molecule has 2 aromatic rings. The van der Waals surface area contributed by atoms with Crippen LogP contribution in [0.25, 0.3) is 11.3 Å². The Kier molecular flexibility index (Phi) is 3.19. The van der Waals surface area contributed by atoms with Crippen LogP contribution in [0.5, 0.6) is 0 Å². The van der Waals surface area contributed by atoms with Crippen molar-refractivity contribution >= 4 is 17.3 Å². The van der Waals surface area contributed by atoms with Gasteiger partial charge in [-0.25, -0.2) is 9.78 Å². The van der Waals surface area contributed by atoms with E-state index < -0.39 is 0 Å². The summed E-state index contributed by atoms with van der Waals surface area (Å²) < 4.78 is 0. The van der Waals surface area contributed by atoms with E-state index in [0.29, 0.717) is 10.8 Å². The second-order valence-electron chi connectivity index (χ2n) is 4.01. The molecular weight excluding hydrogens is 240 g/mol. The lowest BCUT2D eigenvalue weighted by atomic mass is 10.1. The van der Waals surface area contributed by atoms with Gasteiger partial charge in [0.15, 0.2) is 0 Å². The van der Waals surface area contributed by atoms with Gasteiger partial charge in [0.1, 0.15) is 5.15 Å². The van der Waals surface area contributed by atoms with Gasteiger partial charge in [-0.05, 0) is 19.9 Å². The predicted molar refractivity (Wildman–Crippen MR) is 68.4 cm³/mol. The maximum Gasteiger partial charge on any atom is 0.323 e. The van der Waals surface area contributed by atoms with Crippen LogP contribution in [0, 0.1) is 0 Å². The zero-order valence-electron chi connectivity index (χ0n) is 9.54. The average Bonchev–Trinajstić information content (AvgIpc) is 2.64. The van der Waals surface area contributed by atoms with E-state index >= 15 is 0 Å². The van der Waals surface area contributed by atoms with E-state index in [9.17, 15) is 4.79 Å². The summed E-state index contributed by atoms with van der Waals surface area (Å²) in [7, 11) is 0. The highest BCUT2D eigenvalue weighted by Crippen LogP contribution is 2.27. The van der Waals surface area contributed by atoms with Crippen molar-refractivity contribution in [3.05, 3.63) is 34.1 Å². The second-order valence-corrected chi connectivity index (χ2v) is 4.40. The van der Waals surface area contributed by atoms with Crippen molar-refractivity contribution in [2.24, 2.45) is 0 Å². The molecule has 0 aliphatic carbocycles. The first kappa shape index (κ1) is 11.7. The molecular formula is C11H13ClN4O. The number of rotatable bonds is 3. The highest BCUT2D eigenvalue weighted by molar-refractivity contribution is 6.29. The summed E-state index contributed by atoms with van der Waals surface area (Å²) in [5.41, 5.74) is 2.09. The van der Waals surface area contributed by atoms with Gasteiger partial charge in [0.2, 0.25) is 0 Å². The molecule has 0 amide bonds. The molecule has 0 unspecified atom stereocenters. The number of halogens is 1. The number of hydrogen-bond acceptors (Lipinski definition) is 3. The van der Waals surface area contributed by atoms with Crippen LogP contribution >= 0.6 is 11.6 Å². The maximum absolute atomic E-state index is 11.1. The van der Waals surface area contributed by atoms with Crippen LogP contribution in [0.15, 0.2) is 23.3 Å². The van der Waals surface area contributed by atoms with Crippen LogP contribution in [0.2, 0.25) is 5.15 Å². The number of nitrogens with one attached hydrogen (secondary N) is 3. The molecule has 0 saturated heterocycles. The van der Waals surface area contributed by atoms with Crippen molar-refractivity contribution in [3.8, 4) is 11.3 Å². The molecule has 0 aromatic carbocycles. The van der Waals surface area contributed by atoms with Crippen LogP contribution in [0.3, 0.4) is 0 Å². The second kappa shape index (κ2) is 4.63. The molecule has 2 aromatic heterocycles. The van der Waals surface area contributed by atoms with Crippen LogP contribution in [0.4, 0.5) is 5.69 Å². The minimum atomic E-state index is -0.245. The van der Waals surface area contributed by atoms with Gasteiger partial charge in [0.05, 0.1) is 5.69 Å². The van der Waals surface area contributed by atoms with Crippen molar-refractivity contribution in [2.45, 2.75) is 19.9 Å². The average molecular weight is 253 g/mol. The van der Waals surface area contributed by atoms with E-state index in [1.807, 2.05) is 13.8 Å². The Labute approximate surface area is 103 Å². The summed E-state index contributed by atoms with van der Waals surface area (Å²) in [5.74, 6) is 0. The predicted octanol–water partition coefficient (Wildman–Crippen LogP) is 2.24. The summed E-state index contributed by atoms with van der Waals surface area (Å²) >= 11 is 5.86. The molecule has 0 atom stereocenters. The van der Waals surface area contributed by atoms with Crippen LogP contribution in [0.1, 0.15) is 13.8 Å². The van der Waals surface area contributed by atoms with Crippen molar-refractivity contribution < 1.29 is 0 Å². The lowest BCUT2D eigenvalue weighted by molar-refractivity contribution is 0.899. The van der Waals surface area contributed by atoms with Crippen molar-refractivity contribution in [2.75, 3.05) is 5.32 Å². The first-order chi connectivity index (χ1) is 8.06. The molecule has 0 aliphatic heterocycles. The molecule has 5 nitrogen and oxygen atoms in total. The Balaban J connectivity index is 2.49. The molecule has 2 rings (SSSR count). The van der Waals surface area contributed by atoms with E-state index in [0.717, 1.165) is 11.3 Å². The normalized spacial score (nSPS) is 10.8. The number of H-pyrrole nitrogens is 2. The van der Waals surface area contributed by atoms with E-state index in [2.05, 4.69) is 20.3 Å². The fraction of sp³-hybridized carbons (Fsp3) is 0.273. The molecule has 0 radical (unpaired) electrons. The molecule has 2 heterocycles. The number of imidazole rings is 1.